The molecule has 0 aromatic carbocycles. The van der Waals surface area contributed by atoms with Crippen LogP contribution in [0.25, 0.3) is 0 Å². The molecule has 0 saturated heterocycles. The number of allylic oxidation sites excluding steroid dienone is 5. The van der Waals surface area contributed by atoms with Crippen LogP contribution in [0.1, 0.15) is 19.3 Å². The zero-order valence-electron chi connectivity index (χ0n) is 9.43. The third-order valence-corrected chi connectivity index (χ3v) is 4.54. The minimum absolute atomic E-state index is 0.130. The largest absolute Gasteiger partial charge is 0.274 e. The highest BCUT2D eigenvalue weighted by Gasteiger charge is 2.42. The van der Waals surface area contributed by atoms with Crippen LogP contribution in [0.2, 0.25) is 0 Å². The van der Waals surface area contributed by atoms with Crippen LogP contribution in [0.5, 0.6) is 0 Å². The molecule has 2 atom stereocenters. The van der Waals surface area contributed by atoms with Crippen molar-refractivity contribution in [3.63, 3.8) is 0 Å². The van der Waals surface area contributed by atoms with Crippen molar-refractivity contribution in [3.8, 4) is 0 Å². The van der Waals surface area contributed by atoms with Gasteiger partial charge in [-0.3, -0.25) is 4.79 Å². The number of amides is 1. The Hall–Kier alpha value is -1.36. The van der Waals surface area contributed by atoms with Crippen LogP contribution in [0.4, 0.5) is 0 Å². The van der Waals surface area contributed by atoms with E-state index in [-0.39, 0.29) is 16.7 Å². The summed E-state index contributed by atoms with van der Waals surface area (Å²) in [5.41, 5.74) is 0. The fraction of sp³-hybridized carbons (Fsp3) is 0.417. The number of hydrogen-bond acceptors (Lipinski definition) is 3. The molecular formula is C12H15NO3S. The van der Waals surface area contributed by atoms with Gasteiger partial charge in [0.25, 0.3) is 10.0 Å². The highest BCUT2D eigenvalue weighted by molar-refractivity contribution is 7.93. The molecule has 4 nitrogen and oxygen atoms in total. The van der Waals surface area contributed by atoms with Gasteiger partial charge in [0.05, 0.1) is 4.91 Å². The average molecular weight is 253 g/mol. The molecule has 5 heteroatoms. The van der Waals surface area contributed by atoms with Gasteiger partial charge in [0, 0.05) is 5.92 Å². The molecule has 2 rings (SSSR count). The van der Waals surface area contributed by atoms with E-state index in [2.05, 4.69) is 11.3 Å². The maximum Gasteiger partial charge on any atom is 0.260 e. The van der Waals surface area contributed by atoms with Crippen molar-refractivity contribution in [3.05, 3.63) is 35.8 Å². The van der Waals surface area contributed by atoms with Crippen LogP contribution in [0.15, 0.2) is 35.8 Å². The van der Waals surface area contributed by atoms with Gasteiger partial charge in [-0.2, -0.15) is 0 Å². The van der Waals surface area contributed by atoms with E-state index in [1.807, 2.05) is 6.08 Å². The molecule has 1 fully saturated rings. The fourth-order valence-electron chi connectivity index (χ4n) is 1.85. The van der Waals surface area contributed by atoms with Crippen molar-refractivity contribution in [2.24, 2.45) is 11.8 Å². The number of carbonyl (C=O) groups excluding carboxylic acids is 1. The lowest BCUT2D eigenvalue weighted by atomic mass is 10.2. The first-order chi connectivity index (χ1) is 8.04. The Kier molecular flexibility index (Phi) is 3.19. The van der Waals surface area contributed by atoms with E-state index >= 15 is 0 Å². The van der Waals surface area contributed by atoms with Crippen LogP contribution in [0.3, 0.4) is 0 Å². The predicted octanol–water partition coefficient (Wildman–Crippen LogP) is 1.49. The summed E-state index contributed by atoms with van der Waals surface area (Å²) in [4.78, 5) is 11.9. The first-order valence-corrected chi connectivity index (χ1v) is 7.08. The second-order valence-electron chi connectivity index (χ2n) is 4.31. The van der Waals surface area contributed by atoms with Crippen molar-refractivity contribution >= 4 is 15.9 Å². The molecule has 0 bridgehead atoms. The van der Waals surface area contributed by atoms with E-state index in [4.69, 9.17) is 0 Å². The van der Waals surface area contributed by atoms with E-state index in [0.717, 1.165) is 0 Å². The topological polar surface area (TPSA) is 63.2 Å². The summed E-state index contributed by atoms with van der Waals surface area (Å²) in [6.07, 6.45) is 8.68. The standard InChI is InChI=1S/C12H15NO3S/c1-2-9-8-11(9)12(14)13-17(15,16)10-6-4-3-5-7-10/h2-4,6,9,11H,1,5,7-8H2,(H,13,14). The highest BCUT2D eigenvalue weighted by Crippen LogP contribution is 2.39. The molecule has 2 unspecified atom stereocenters. The Morgan fingerprint density at radius 2 is 2.29 bits per heavy atom. The smallest absolute Gasteiger partial charge is 0.260 e. The van der Waals surface area contributed by atoms with Crippen molar-refractivity contribution in [2.75, 3.05) is 0 Å². The Labute approximate surface area is 101 Å². The monoisotopic (exact) mass is 253 g/mol. The normalized spacial score (nSPS) is 27.2. The van der Waals surface area contributed by atoms with Gasteiger partial charge >= 0.3 is 0 Å². The number of sulfonamides is 1. The molecule has 1 amide bonds. The van der Waals surface area contributed by atoms with Gasteiger partial charge in [0.2, 0.25) is 5.91 Å². The van der Waals surface area contributed by atoms with Crippen molar-refractivity contribution in [2.45, 2.75) is 19.3 Å². The molecule has 0 aliphatic heterocycles. The third-order valence-electron chi connectivity index (χ3n) is 3.04. The van der Waals surface area contributed by atoms with Gasteiger partial charge < -0.3 is 0 Å². The summed E-state index contributed by atoms with van der Waals surface area (Å²) in [6, 6.07) is 0. The lowest BCUT2D eigenvalue weighted by molar-refractivity contribution is -0.120. The first kappa shape index (κ1) is 12.1. The van der Waals surface area contributed by atoms with Crippen LogP contribution >= 0.6 is 0 Å². The maximum absolute atomic E-state index is 11.9. The Morgan fingerprint density at radius 1 is 1.53 bits per heavy atom. The maximum atomic E-state index is 11.9. The lowest BCUT2D eigenvalue weighted by Crippen LogP contribution is -2.33. The fourth-order valence-corrected chi connectivity index (χ4v) is 3.05. The van der Waals surface area contributed by atoms with Gasteiger partial charge in [-0.05, 0) is 31.3 Å². The van der Waals surface area contributed by atoms with Crippen molar-refractivity contribution < 1.29 is 13.2 Å². The molecule has 2 aliphatic rings. The first-order valence-electron chi connectivity index (χ1n) is 5.59. The highest BCUT2D eigenvalue weighted by atomic mass is 32.2. The molecule has 0 radical (unpaired) electrons. The minimum Gasteiger partial charge on any atom is -0.274 e. The molecular weight excluding hydrogens is 238 g/mol. The molecule has 1 saturated carbocycles. The summed E-state index contributed by atoms with van der Waals surface area (Å²) in [7, 11) is -3.64. The predicted molar refractivity (Wildman–Crippen MR) is 65.3 cm³/mol. The molecule has 0 spiro atoms. The average Bonchev–Trinajstić information content (AvgIpc) is 3.09. The van der Waals surface area contributed by atoms with Gasteiger partial charge in [-0.15, -0.1) is 6.58 Å². The lowest BCUT2D eigenvalue weighted by Gasteiger charge is -2.11. The molecule has 0 aromatic rings. The second kappa shape index (κ2) is 4.49. The number of hydrogen-bond donors (Lipinski definition) is 1. The van der Waals surface area contributed by atoms with Crippen LogP contribution in [0, 0.1) is 11.8 Å². The molecule has 17 heavy (non-hydrogen) atoms. The quantitative estimate of drug-likeness (QED) is 0.772. The van der Waals surface area contributed by atoms with E-state index in [0.29, 0.717) is 19.3 Å². The minimum atomic E-state index is -3.64. The summed E-state index contributed by atoms with van der Waals surface area (Å²) in [5, 5.41) is 0. The zero-order chi connectivity index (χ0) is 12.5. The van der Waals surface area contributed by atoms with Crippen molar-refractivity contribution in [1.82, 2.24) is 4.72 Å². The zero-order valence-corrected chi connectivity index (χ0v) is 10.2. The summed E-state index contributed by atoms with van der Waals surface area (Å²) in [6.45, 7) is 3.59. The Balaban J connectivity index is 2.03. The number of nitrogens with one attached hydrogen (secondary N) is 1. The second-order valence-corrected chi connectivity index (χ2v) is 6.05. The van der Waals surface area contributed by atoms with Crippen LogP contribution in [-0.4, -0.2) is 14.3 Å². The Morgan fingerprint density at radius 3 is 2.82 bits per heavy atom. The van der Waals surface area contributed by atoms with Gasteiger partial charge in [0.1, 0.15) is 0 Å². The Bertz CT molecular complexity index is 502. The molecule has 92 valence electrons. The molecule has 0 heterocycles. The van der Waals surface area contributed by atoms with Crippen molar-refractivity contribution in [1.29, 1.82) is 0 Å². The number of rotatable bonds is 4. The van der Waals surface area contributed by atoms with Crippen LogP contribution in [-0.2, 0) is 14.8 Å². The summed E-state index contributed by atoms with van der Waals surface area (Å²) in [5.74, 6) is -0.502. The van der Waals surface area contributed by atoms with Gasteiger partial charge in [0.15, 0.2) is 0 Å². The molecule has 0 aromatic heterocycles. The summed E-state index contributed by atoms with van der Waals surface area (Å²) < 4.78 is 25.9. The summed E-state index contributed by atoms with van der Waals surface area (Å²) >= 11 is 0. The van der Waals surface area contributed by atoms with Crippen LogP contribution < -0.4 is 4.72 Å². The van der Waals surface area contributed by atoms with E-state index in [9.17, 15) is 13.2 Å². The van der Waals surface area contributed by atoms with E-state index in [1.54, 1.807) is 12.2 Å². The van der Waals surface area contributed by atoms with Gasteiger partial charge in [-0.1, -0.05) is 18.2 Å². The van der Waals surface area contributed by atoms with E-state index in [1.165, 1.54) is 6.08 Å². The SMILES string of the molecule is C=CC1CC1C(=O)NS(=O)(=O)C1=CC=CCC1. The molecule has 1 N–H and O–H groups in total. The molecule has 2 aliphatic carbocycles. The van der Waals surface area contributed by atoms with Gasteiger partial charge in [-0.25, -0.2) is 13.1 Å². The third kappa shape index (κ3) is 2.66. The van der Waals surface area contributed by atoms with E-state index < -0.39 is 15.9 Å². The number of carbonyl (C=O) groups is 1.